The molecule has 0 spiro atoms. The Balaban J connectivity index is 1.69. The first-order chi connectivity index (χ1) is 13.0. The Bertz CT molecular complexity index is 943. The number of nitrogens with zero attached hydrogens (tertiary/aromatic N) is 2. The molecule has 0 fully saturated rings. The van der Waals surface area contributed by atoms with Crippen LogP contribution in [0.3, 0.4) is 0 Å². The minimum absolute atomic E-state index is 0.166. The number of aromatic nitrogens is 2. The molecule has 0 saturated heterocycles. The Morgan fingerprint density at radius 2 is 1.74 bits per heavy atom. The number of amides is 1. The Kier molecular flexibility index (Phi) is 6.03. The highest BCUT2D eigenvalue weighted by atomic mass is 79.9. The summed E-state index contributed by atoms with van der Waals surface area (Å²) in [5, 5.41) is 9.25. The van der Waals surface area contributed by atoms with Crippen molar-refractivity contribution in [1.82, 2.24) is 9.97 Å². The van der Waals surface area contributed by atoms with Gasteiger partial charge in [0, 0.05) is 34.2 Å². The smallest absolute Gasteiger partial charge is 0.256 e. The molecule has 0 atom stereocenters. The van der Waals surface area contributed by atoms with Crippen LogP contribution in [0.15, 0.2) is 59.1 Å². The van der Waals surface area contributed by atoms with Crippen LogP contribution < -0.4 is 16.0 Å². The van der Waals surface area contributed by atoms with Crippen molar-refractivity contribution in [3.8, 4) is 0 Å². The molecule has 6 nitrogen and oxygen atoms in total. The van der Waals surface area contributed by atoms with E-state index in [9.17, 15) is 4.79 Å². The first-order valence-electron chi connectivity index (χ1n) is 8.57. The maximum absolute atomic E-state index is 12.4. The van der Waals surface area contributed by atoms with E-state index in [4.69, 9.17) is 0 Å². The van der Waals surface area contributed by atoms with E-state index in [0.29, 0.717) is 17.2 Å². The fourth-order valence-electron chi connectivity index (χ4n) is 2.51. The van der Waals surface area contributed by atoms with Crippen molar-refractivity contribution in [3.05, 3.63) is 70.3 Å². The molecular formula is C20H20BrN5O. The number of halogens is 1. The van der Waals surface area contributed by atoms with Gasteiger partial charge in [0.05, 0.1) is 5.56 Å². The summed E-state index contributed by atoms with van der Waals surface area (Å²) in [6.45, 7) is 4.74. The predicted octanol–water partition coefficient (Wildman–Crippen LogP) is 4.98. The Hall–Kier alpha value is -2.93. The van der Waals surface area contributed by atoms with Crippen LogP contribution in [0.1, 0.15) is 23.0 Å². The van der Waals surface area contributed by atoms with Crippen molar-refractivity contribution in [2.75, 3.05) is 22.5 Å². The quantitative estimate of drug-likeness (QED) is 0.519. The number of hydrogen-bond donors (Lipinski definition) is 3. The van der Waals surface area contributed by atoms with Crippen LogP contribution in [0.5, 0.6) is 0 Å². The third-order valence-electron chi connectivity index (χ3n) is 3.73. The van der Waals surface area contributed by atoms with Crippen LogP contribution in [-0.4, -0.2) is 22.4 Å². The molecule has 0 radical (unpaired) electrons. The molecule has 1 aromatic heterocycles. The van der Waals surface area contributed by atoms with Crippen LogP contribution in [0.4, 0.5) is 23.1 Å². The molecule has 0 aliphatic carbocycles. The monoisotopic (exact) mass is 425 g/mol. The van der Waals surface area contributed by atoms with Gasteiger partial charge in [-0.1, -0.05) is 12.1 Å². The van der Waals surface area contributed by atoms with Crippen molar-refractivity contribution < 1.29 is 4.79 Å². The molecule has 0 aliphatic heterocycles. The summed E-state index contributed by atoms with van der Waals surface area (Å²) in [6, 6.07) is 16.6. The van der Waals surface area contributed by atoms with Gasteiger partial charge in [-0.2, -0.15) is 4.98 Å². The van der Waals surface area contributed by atoms with E-state index in [-0.39, 0.29) is 5.91 Å². The van der Waals surface area contributed by atoms with E-state index < -0.39 is 0 Å². The molecular weight excluding hydrogens is 406 g/mol. The molecule has 0 unspecified atom stereocenters. The van der Waals surface area contributed by atoms with Gasteiger partial charge in [-0.25, -0.2) is 4.98 Å². The average Bonchev–Trinajstić information content (AvgIpc) is 2.63. The Morgan fingerprint density at radius 3 is 2.44 bits per heavy atom. The molecule has 7 heteroatoms. The lowest BCUT2D eigenvalue weighted by Crippen LogP contribution is -2.12. The van der Waals surface area contributed by atoms with Crippen LogP contribution in [0.25, 0.3) is 0 Å². The van der Waals surface area contributed by atoms with E-state index in [1.807, 2.05) is 62.4 Å². The molecule has 1 heterocycles. The van der Waals surface area contributed by atoms with E-state index in [2.05, 4.69) is 41.8 Å². The van der Waals surface area contributed by atoms with Crippen LogP contribution in [0.2, 0.25) is 0 Å². The summed E-state index contributed by atoms with van der Waals surface area (Å²) in [4.78, 5) is 21.2. The number of hydrogen-bond acceptors (Lipinski definition) is 5. The molecule has 0 saturated carbocycles. The lowest BCUT2D eigenvalue weighted by molar-refractivity contribution is 0.102. The molecule has 3 N–H and O–H groups in total. The first-order valence-corrected chi connectivity index (χ1v) is 9.37. The van der Waals surface area contributed by atoms with Crippen molar-refractivity contribution in [2.45, 2.75) is 13.8 Å². The standard InChI is InChI=1S/C20H20BrN5O/c1-3-22-18-12-13(2)23-20(26-18)25-15-10-8-14(9-11-15)24-19(27)16-6-4-5-7-17(16)21/h4-12H,3H2,1-2H3,(H,24,27)(H2,22,23,25,26). The number of benzene rings is 2. The zero-order valence-electron chi connectivity index (χ0n) is 15.1. The largest absolute Gasteiger partial charge is 0.370 e. The van der Waals surface area contributed by atoms with Gasteiger partial charge in [0.1, 0.15) is 5.82 Å². The normalized spacial score (nSPS) is 10.3. The zero-order valence-corrected chi connectivity index (χ0v) is 16.7. The molecule has 1 amide bonds. The lowest BCUT2D eigenvalue weighted by atomic mass is 10.2. The fourth-order valence-corrected chi connectivity index (χ4v) is 2.97. The summed E-state index contributed by atoms with van der Waals surface area (Å²) < 4.78 is 0.758. The third kappa shape index (κ3) is 5.04. The number of rotatable bonds is 6. The average molecular weight is 426 g/mol. The van der Waals surface area contributed by atoms with Crippen molar-refractivity contribution in [3.63, 3.8) is 0 Å². The molecule has 0 bridgehead atoms. The highest BCUT2D eigenvalue weighted by molar-refractivity contribution is 9.10. The van der Waals surface area contributed by atoms with Gasteiger partial charge in [0.2, 0.25) is 5.95 Å². The zero-order chi connectivity index (χ0) is 19.2. The predicted molar refractivity (Wildman–Crippen MR) is 113 cm³/mol. The van der Waals surface area contributed by atoms with Gasteiger partial charge in [-0.15, -0.1) is 0 Å². The highest BCUT2D eigenvalue weighted by Crippen LogP contribution is 2.21. The SMILES string of the molecule is CCNc1cc(C)nc(Nc2ccc(NC(=O)c3ccccc3Br)cc2)n1. The van der Waals surface area contributed by atoms with E-state index in [0.717, 1.165) is 28.2 Å². The lowest BCUT2D eigenvalue weighted by Gasteiger charge is -2.10. The minimum atomic E-state index is -0.166. The molecule has 2 aromatic carbocycles. The maximum atomic E-state index is 12.4. The molecule has 27 heavy (non-hydrogen) atoms. The molecule has 3 rings (SSSR count). The van der Waals surface area contributed by atoms with Gasteiger partial charge in [-0.05, 0) is 66.2 Å². The van der Waals surface area contributed by atoms with Gasteiger partial charge in [0.25, 0.3) is 5.91 Å². The van der Waals surface area contributed by atoms with E-state index in [1.165, 1.54) is 0 Å². The Morgan fingerprint density at radius 1 is 1.04 bits per heavy atom. The summed E-state index contributed by atoms with van der Waals surface area (Å²) in [5.74, 6) is 1.14. The second kappa shape index (κ2) is 8.64. The fraction of sp³-hybridized carbons (Fsp3) is 0.150. The molecule has 138 valence electrons. The van der Waals surface area contributed by atoms with Crippen LogP contribution >= 0.6 is 15.9 Å². The van der Waals surface area contributed by atoms with E-state index >= 15 is 0 Å². The first kappa shape index (κ1) is 18.8. The second-order valence-corrected chi connectivity index (χ2v) is 6.74. The number of carbonyl (C=O) groups is 1. The third-order valence-corrected chi connectivity index (χ3v) is 4.42. The molecule has 0 aliphatic rings. The van der Waals surface area contributed by atoms with Gasteiger partial charge in [0.15, 0.2) is 0 Å². The Labute approximate surface area is 166 Å². The molecule has 3 aromatic rings. The van der Waals surface area contributed by atoms with E-state index in [1.54, 1.807) is 6.07 Å². The second-order valence-electron chi connectivity index (χ2n) is 5.88. The van der Waals surface area contributed by atoms with Crippen LogP contribution in [-0.2, 0) is 0 Å². The van der Waals surface area contributed by atoms with Crippen molar-refractivity contribution in [2.24, 2.45) is 0 Å². The number of anilines is 4. The van der Waals surface area contributed by atoms with Crippen molar-refractivity contribution in [1.29, 1.82) is 0 Å². The summed E-state index contributed by atoms with van der Waals surface area (Å²) in [7, 11) is 0. The van der Waals surface area contributed by atoms with Crippen molar-refractivity contribution >= 4 is 45.0 Å². The summed E-state index contributed by atoms with van der Waals surface area (Å²) >= 11 is 3.39. The maximum Gasteiger partial charge on any atom is 0.256 e. The summed E-state index contributed by atoms with van der Waals surface area (Å²) in [5.41, 5.74) is 3.01. The van der Waals surface area contributed by atoms with Crippen LogP contribution in [0, 0.1) is 6.92 Å². The summed E-state index contributed by atoms with van der Waals surface area (Å²) in [6.07, 6.45) is 0. The minimum Gasteiger partial charge on any atom is -0.370 e. The number of nitrogens with one attached hydrogen (secondary N) is 3. The topological polar surface area (TPSA) is 78.9 Å². The highest BCUT2D eigenvalue weighted by Gasteiger charge is 2.09. The number of carbonyl (C=O) groups excluding carboxylic acids is 1. The number of aryl methyl sites for hydroxylation is 1. The van der Waals surface area contributed by atoms with Gasteiger partial charge in [-0.3, -0.25) is 4.79 Å². The van der Waals surface area contributed by atoms with Gasteiger partial charge >= 0.3 is 0 Å². The van der Waals surface area contributed by atoms with Gasteiger partial charge < -0.3 is 16.0 Å².